The van der Waals surface area contributed by atoms with Crippen LogP contribution in [0.2, 0.25) is 0 Å². The van der Waals surface area contributed by atoms with Crippen molar-refractivity contribution in [3.05, 3.63) is 11.1 Å². The van der Waals surface area contributed by atoms with Crippen molar-refractivity contribution in [2.24, 2.45) is 46.3 Å². The van der Waals surface area contributed by atoms with Crippen LogP contribution in [-0.2, 0) is 0 Å². The number of allylic oxidation sites excluding steroid dienone is 2. The third kappa shape index (κ3) is 2.15. The first-order chi connectivity index (χ1) is 9.48. The molecule has 0 radical (unpaired) electrons. The number of rotatable bonds is 2. The Morgan fingerprint density at radius 1 is 0.667 bits per heavy atom. The van der Waals surface area contributed by atoms with Crippen LogP contribution in [0.1, 0.15) is 75.7 Å². The summed E-state index contributed by atoms with van der Waals surface area (Å²) in [6.07, 6.45) is 1.38. The molecule has 0 amide bonds. The quantitative estimate of drug-likeness (QED) is 0.504. The maximum absolute atomic E-state index is 2.59. The van der Waals surface area contributed by atoms with Gasteiger partial charge in [0, 0.05) is 0 Å². The first kappa shape index (κ1) is 17.1. The van der Waals surface area contributed by atoms with E-state index in [2.05, 4.69) is 69.2 Å². The lowest BCUT2D eigenvalue weighted by molar-refractivity contribution is 0.0366. The van der Waals surface area contributed by atoms with Crippen LogP contribution in [0.25, 0.3) is 0 Å². The van der Waals surface area contributed by atoms with Gasteiger partial charge in [0.15, 0.2) is 0 Å². The van der Waals surface area contributed by atoms with Crippen molar-refractivity contribution in [2.45, 2.75) is 75.7 Å². The zero-order chi connectivity index (χ0) is 16.3. The first-order valence-corrected chi connectivity index (χ1v) is 9.15. The van der Waals surface area contributed by atoms with E-state index in [-0.39, 0.29) is 0 Å². The average Bonchev–Trinajstić information content (AvgIpc) is 2.67. The van der Waals surface area contributed by atoms with Crippen LogP contribution < -0.4 is 0 Å². The van der Waals surface area contributed by atoms with Crippen molar-refractivity contribution in [2.75, 3.05) is 0 Å². The van der Waals surface area contributed by atoms with E-state index in [0.29, 0.717) is 10.8 Å². The average molecular weight is 291 g/mol. The predicted octanol–water partition coefficient (Wildman–Crippen LogP) is 6.57. The van der Waals surface area contributed by atoms with E-state index >= 15 is 0 Å². The summed E-state index contributed by atoms with van der Waals surface area (Å²) in [6, 6.07) is 0. The lowest BCUT2D eigenvalue weighted by Gasteiger charge is -2.46. The Kier molecular flexibility index (Phi) is 4.18. The molecule has 0 aromatic rings. The highest BCUT2D eigenvalue weighted by atomic mass is 14.6. The van der Waals surface area contributed by atoms with Gasteiger partial charge in [-0.05, 0) is 66.6 Å². The van der Waals surface area contributed by atoms with E-state index in [0.717, 1.165) is 35.5 Å². The monoisotopic (exact) mass is 290 g/mol. The lowest BCUT2D eigenvalue weighted by atomic mass is 9.58. The second-order valence-corrected chi connectivity index (χ2v) is 9.29. The van der Waals surface area contributed by atoms with Gasteiger partial charge in [-0.1, -0.05) is 66.5 Å². The Balaban J connectivity index is 2.34. The second kappa shape index (κ2) is 5.14. The fourth-order valence-corrected chi connectivity index (χ4v) is 6.02. The molecule has 21 heavy (non-hydrogen) atoms. The first-order valence-electron chi connectivity index (χ1n) is 9.15. The van der Waals surface area contributed by atoms with Crippen LogP contribution in [-0.4, -0.2) is 0 Å². The van der Waals surface area contributed by atoms with Crippen molar-refractivity contribution < 1.29 is 0 Å². The van der Waals surface area contributed by atoms with Crippen molar-refractivity contribution in [3.8, 4) is 0 Å². The maximum atomic E-state index is 2.59. The standard InChI is InChI=1S/C21H38/c1-12-13(2)17(6)20(9,16(12)5)11-21(10)18(7)14(3)15(4)19(21)8/h12-13,16-19H,11H2,1-10H3/t12-,13?,16?,17+,18-,19+,20?,21?/m1/s1. The van der Waals surface area contributed by atoms with Gasteiger partial charge in [0.1, 0.15) is 0 Å². The fourth-order valence-electron chi connectivity index (χ4n) is 6.02. The van der Waals surface area contributed by atoms with Gasteiger partial charge in [-0.3, -0.25) is 0 Å². The summed E-state index contributed by atoms with van der Waals surface area (Å²) in [5, 5.41) is 0. The van der Waals surface area contributed by atoms with E-state index in [1.165, 1.54) is 6.42 Å². The molecule has 0 nitrogen and oxygen atoms in total. The Labute approximate surface area is 133 Å². The summed E-state index contributed by atoms with van der Waals surface area (Å²) >= 11 is 0. The minimum atomic E-state index is 0.440. The molecule has 8 atom stereocenters. The summed E-state index contributed by atoms with van der Waals surface area (Å²) in [6.45, 7) is 24.9. The normalized spacial score (nSPS) is 54.6. The molecule has 0 aromatic carbocycles. The van der Waals surface area contributed by atoms with Crippen LogP contribution in [0.15, 0.2) is 11.1 Å². The van der Waals surface area contributed by atoms with E-state index in [1.54, 1.807) is 11.1 Å². The predicted molar refractivity (Wildman–Crippen MR) is 94.2 cm³/mol. The molecule has 0 N–H and O–H groups in total. The topological polar surface area (TPSA) is 0 Å². The van der Waals surface area contributed by atoms with Crippen LogP contribution >= 0.6 is 0 Å². The fraction of sp³-hybridized carbons (Fsp3) is 0.905. The molecule has 0 saturated heterocycles. The van der Waals surface area contributed by atoms with E-state index in [1.807, 2.05) is 0 Å². The maximum Gasteiger partial charge on any atom is -0.0172 e. The van der Waals surface area contributed by atoms with Gasteiger partial charge in [0.2, 0.25) is 0 Å². The molecule has 0 heteroatoms. The molecule has 4 unspecified atom stereocenters. The van der Waals surface area contributed by atoms with Crippen LogP contribution in [0, 0.1) is 46.3 Å². The molecule has 2 aliphatic rings. The highest BCUT2D eigenvalue weighted by Gasteiger charge is 2.55. The van der Waals surface area contributed by atoms with Gasteiger partial charge in [-0.2, -0.15) is 0 Å². The van der Waals surface area contributed by atoms with Crippen molar-refractivity contribution in [3.63, 3.8) is 0 Å². The molecule has 2 rings (SSSR count). The second-order valence-electron chi connectivity index (χ2n) is 9.29. The van der Waals surface area contributed by atoms with Crippen molar-refractivity contribution in [1.82, 2.24) is 0 Å². The molecule has 0 spiro atoms. The van der Waals surface area contributed by atoms with E-state index in [9.17, 15) is 0 Å². The molecule has 0 bridgehead atoms. The van der Waals surface area contributed by atoms with Gasteiger partial charge >= 0.3 is 0 Å². The highest BCUT2D eigenvalue weighted by molar-refractivity contribution is 5.27. The molecule has 0 aromatic heterocycles. The van der Waals surface area contributed by atoms with Crippen molar-refractivity contribution >= 4 is 0 Å². The zero-order valence-electron chi connectivity index (χ0n) is 16.2. The summed E-state index contributed by atoms with van der Waals surface area (Å²) < 4.78 is 0. The Hall–Kier alpha value is -0.260. The Morgan fingerprint density at radius 3 is 1.33 bits per heavy atom. The molecular formula is C21H38. The van der Waals surface area contributed by atoms with Gasteiger partial charge in [0.05, 0.1) is 0 Å². The summed E-state index contributed by atoms with van der Waals surface area (Å²) in [5.74, 6) is 4.84. The molecule has 1 fully saturated rings. The van der Waals surface area contributed by atoms with Crippen molar-refractivity contribution in [1.29, 1.82) is 0 Å². The smallest absolute Gasteiger partial charge is 0.0172 e. The minimum absolute atomic E-state index is 0.440. The van der Waals surface area contributed by atoms with Gasteiger partial charge in [0.25, 0.3) is 0 Å². The molecule has 0 heterocycles. The number of hydrogen-bond donors (Lipinski definition) is 0. The summed E-state index contributed by atoms with van der Waals surface area (Å²) in [4.78, 5) is 0. The Morgan fingerprint density at radius 2 is 1.00 bits per heavy atom. The zero-order valence-corrected chi connectivity index (χ0v) is 16.2. The third-order valence-electron chi connectivity index (χ3n) is 9.15. The van der Waals surface area contributed by atoms with Gasteiger partial charge < -0.3 is 0 Å². The molecular weight excluding hydrogens is 252 g/mol. The molecule has 1 saturated carbocycles. The number of hydrogen-bond acceptors (Lipinski definition) is 0. The van der Waals surface area contributed by atoms with Crippen LogP contribution in [0.4, 0.5) is 0 Å². The summed E-state index contributed by atoms with van der Waals surface area (Å²) in [7, 11) is 0. The molecule has 2 aliphatic carbocycles. The molecule has 0 aliphatic heterocycles. The SMILES string of the molecule is CC1=C(C)[C@H](C)C(C)(CC2(C)C(C)[C@H](C)C(C)[C@@H]2C)[C@@H]1C. The highest BCUT2D eigenvalue weighted by Crippen LogP contribution is 2.63. The largest absolute Gasteiger partial charge is 0.0707 e. The van der Waals surface area contributed by atoms with Crippen LogP contribution in [0.3, 0.4) is 0 Å². The summed E-state index contributed by atoms with van der Waals surface area (Å²) in [5.41, 5.74) is 4.25. The third-order valence-corrected chi connectivity index (χ3v) is 9.15. The van der Waals surface area contributed by atoms with E-state index < -0.39 is 0 Å². The minimum Gasteiger partial charge on any atom is -0.0707 e. The van der Waals surface area contributed by atoms with Crippen LogP contribution in [0.5, 0.6) is 0 Å². The lowest BCUT2D eigenvalue weighted by Crippen LogP contribution is -2.39. The van der Waals surface area contributed by atoms with Gasteiger partial charge in [-0.15, -0.1) is 0 Å². The Bertz CT molecular complexity index is 407. The van der Waals surface area contributed by atoms with Gasteiger partial charge in [-0.25, -0.2) is 0 Å². The molecule has 122 valence electrons. The van der Waals surface area contributed by atoms with E-state index in [4.69, 9.17) is 0 Å².